The molecule has 2 aromatic rings. The Morgan fingerprint density at radius 3 is 2.74 bits per heavy atom. The average Bonchev–Trinajstić information content (AvgIpc) is 3.19. The van der Waals surface area contributed by atoms with Gasteiger partial charge in [-0.1, -0.05) is 30.3 Å². The monoisotopic (exact) mass is 335 g/mol. The molecule has 1 heterocycles. The fourth-order valence-corrected chi connectivity index (χ4v) is 4.45. The van der Waals surface area contributed by atoms with Crippen molar-refractivity contribution < 1.29 is 18.3 Å². The zero-order chi connectivity index (χ0) is 16.4. The van der Waals surface area contributed by atoms with E-state index in [2.05, 4.69) is 14.7 Å². The maximum atomic E-state index is 12.4. The Labute approximate surface area is 133 Å². The van der Waals surface area contributed by atoms with Crippen molar-refractivity contribution in [2.24, 2.45) is 0 Å². The second-order valence-corrected chi connectivity index (χ2v) is 7.56. The Kier molecular flexibility index (Phi) is 4.18. The number of nitrogens with one attached hydrogen (secondary N) is 2. The quantitative estimate of drug-likeness (QED) is 0.695. The second-order valence-electron chi connectivity index (χ2n) is 5.63. The minimum atomic E-state index is -3.70. The van der Waals surface area contributed by atoms with Crippen LogP contribution < -0.4 is 4.72 Å². The summed E-state index contributed by atoms with van der Waals surface area (Å²) in [6.07, 6.45) is 3.44. The van der Waals surface area contributed by atoms with Gasteiger partial charge >= 0.3 is 5.97 Å². The summed E-state index contributed by atoms with van der Waals surface area (Å²) in [5.41, 5.74) is 1.53. The van der Waals surface area contributed by atoms with E-state index in [9.17, 15) is 18.3 Å². The van der Waals surface area contributed by atoms with Crippen LogP contribution in [0.2, 0.25) is 0 Å². The normalized spacial score (nSPS) is 21.7. The number of carbonyl (C=O) groups is 1. The molecule has 23 heavy (non-hydrogen) atoms. The number of hydrogen-bond donors (Lipinski definition) is 3. The number of aromatic nitrogens is 2. The molecular formula is C15H17N3O4S. The molecule has 1 aliphatic carbocycles. The van der Waals surface area contributed by atoms with Crippen LogP contribution in [0.25, 0.3) is 0 Å². The molecule has 122 valence electrons. The molecule has 1 fully saturated rings. The van der Waals surface area contributed by atoms with E-state index in [1.54, 1.807) is 0 Å². The van der Waals surface area contributed by atoms with Gasteiger partial charge in [0.15, 0.2) is 0 Å². The Bertz CT molecular complexity index is 774. The van der Waals surface area contributed by atoms with Crippen molar-refractivity contribution in [1.82, 2.24) is 14.7 Å². The molecule has 0 radical (unpaired) electrons. The van der Waals surface area contributed by atoms with Crippen LogP contribution in [-0.4, -0.2) is 40.8 Å². The number of H-pyrrole nitrogens is 1. The van der Waals surface area contributed by atoms with E-state index in [4.69, 9.17) is 0 Å². The van der Waals surface area contributed by atoms with Crippen LogP contribution >= 0.6 is 0 Å². The van der Waals surface area contributed by atoms with Gasteiger partial charge in [0.1, 0.15) is 6.04 Å². The van der Waals surface area contributed by atoms with E-state index in [1.165, 1.54) is 12.5 Å². The number of hydrogen-bond acceptors (Lipinski definition) is 4. The van der Waals surface area contributed by atoms with E-state index in [0.717, 1.165) is 5.56 Å². The van der Waals surface area contributed by atoms with Crippen LogP contribution in [0.5, 0.6) is 0 Å². The van der Waals surface area contributed by atoms with Crippen LogP contribution in [0.1, 0.15) is 23.6 Å². The maximum absolute atomic E-state index is 12.4. The summed E-state index contributed by atoms with van der Waals surface area (Å²) in [6, 6.07) is 8.17. The third kappa shape index (κ3) is 3.59. The number of benzene rings is 1. The summed E-state index contributed by atoms with van der Waals surface area (Å²) < 4.78 is 27.2. The molecule has 1 saturated carbocycles. The van der Waals surface area contributed by atoms with Gasteiger partial charge in [-0.05, 0) is 12.0 Å². The molecule has 3 N–H and O–H groups in total. The van der Waals surface area contributed by atoms with Crippen molar-refractivity contribution in [3.63, 3.8) is 0 Å². The Balaban J connectivity index is 1.69. The standard InChI is InChI=1S/C15H17N3O4S/c19-15(20)13(6-11-8-16-9-17-11)18-23(21,22)14-7-12(14)10-4-2-1-3-5-10/h1-5,8-9,12-14,18H,6-7H2,(H,16,17)(H,19,20)/t12-,13?,14+/m0/s1. The van der Waals surface area contributed by atoms with Crippen molar-refractivity contribution in [3.05, 3.63) is 54.1 Å². The third-order valence-corrected chi connectivity index (χ3v) is 5.87. The van der Waals surface area contributed by atoms with Crippen molar-refractivity contribution in [1.29, 1.82) is 0 Å². The van der Waals surface area contributed by atoms with Gasteiger partial charge in [0.25, 0.3) is 0 Å². The zero-order valence-electron chi connectivity index (χ0n) is 12.2. The second kappa shape index (κ2) is 6.13. The number of rotatable bonds is 7. The van der Waals surface area contributed by atoms with E-state index in [0.29, 0.717) is 12.1 Å². The highest BCUT2D eigenvalue weighted by Gasteiger charge is 2.49. The largest absolute Gasteiger partial charge is 0.480 e. The molecule has 0 amide bonds. The zero-order valence-corrected chi connectivity index (χ0v) is 13.0. The topological polar surface area (TPSA) is 112 Å². The van der Waals surface area contributed by atoms with Gasteiger partial charge in [0.2, 0.25) is 10.0 Å². The van der Waals surface area contributed by atoms with E-state index >= 15 is 0 Å². The smallest absolute Gasteiger partial charge is 0.322 e. The van der Waals surface area contributed by atoms with Crippen LogP contribution in [0, 0.1) is 0 Å². The average molecular weight is 335 g/mol. The molecule has 8 heteroatoms. The SMILES string of the molecule is O=C(O)C(Cc1cnc[nH]1)NS(=O)(=O)[C@@H]1C[C@H]1c1ccccc1. The molecule has 0 saturated heterocycles. The molecule has 3 rings (SSSR count). The molecule has 1 aromatic carbocycles. The molecule has 1 unspecified atom stereocenters. The summed E-state index contributed by atoms with van der Waals surface area (Å²) in [5, 5.41) is 8.68. The highest BCUT2D eigenvalue weighted by molar-refractivity contribution is 7.90. The van der Waals surface area contributed by atoms with Crippen molar-refractivity contribution >= 4 is 16.0 Å². The fourth-order valence-electron chi connectivity index (χ4n) is 2.65. The van der Waals surface area contributed by atoms with Gasteiger partial charge in [0.05, 0.1) is 11.6 Å². The summed E-state index contributed by atoms with van der Waals surface area (Å²) in [6.45, 7) is 0. The van der Waals surface area contributed by atoms with Gasteiger partial charge < -0.3 is 10.1 Å². The minimum absolute atomic E-state index is 0.0251. The lowest BCUT2D eigenvalue weighted by atomic mass is 10.1. The first-order chi connectivity index (χ1) is 11.0. The van der Waals surface area contributed by atoms with Crippen LogP contribution in [0.4, 0.5) is 0 Å². The first-order valence-electron chi connectivity index (χ1n) is 7.23. The maximum Gasteiger partial charge on any atom is 0.322 e. The van der Waals surface area contributed by atoms with E-state index in [1.807, 2.05) is 30.3 Å². The lowest BCUT2D eigenvalue weighted by Crippen LogP contribution is -2.44. The summed E-state index contributed by atoms with van der Waals surface area (Å²) >= 11 is 0. The van der Waals surface area contributed by atoms with Gasteiger partial charge in [-0.2, -0.15) is 0 Å². The third-order valence-electron chi connectivity index (χ3n) is 3.94. The molecule has 0 bridgehead atoms. The van der Waals surface area contributed by atoms with E-state index in [-0.39, 0.29) is 12.3 Å². The molecule has 0 aliphatic heterocycles. The predicted molar refractivity (Wildman–Crippen MR) is 83.4 cm³/mol. The Morgan fingerprint density at radius 2 is 2.13 bits per heavy atom. The number of carboxylic acid groups (broad SMARTS) is 1. The van der Waals surface area contributed by atoms with Gasteiger partial charge in [-0.15, -0.1) is 0 Å². The first-order valence-corrected chi connectivity index (χ1v) is 8.78. The molecule has 7 nitrogen and oxygen atoms in total. The Hall–Kier alpha value is -2.19. The van der Waals surface area contributed by atoms with Gasteiger partial charge in [-0.3, -0.25) is 4.79 Å². The molecule has 1 aromatic heterocycles. The van der Waals surface area contributed by atoms with Crippen LogP contribution in [0.15, 0.2) is 42.9 Å². The minimum Gasteiger partial charge on any atom is -0.480 e. The number of imidazole rings is 1. The molecular weight excluding hydrogens is 318 g/mol. The van der Waals surface area contributed by atoms with Crippen molar-refractivity contribution in [2.45, 2.75) is 30.1 Å². The number of nitrogens with zero attached hydrogens (tertiary/aromatic N) is 1. The van der Waals surface area contributed by atoms with Crippen molar-refractivity contribution in [3.8, 4) is 0 Å². The fraction of sp³-hybridized carbons (Fsp3) is 0.333. The van der Waals surface area contributed by atoms with Crippen LogP contribution in [0.3, 0.4) is 0 Å². The summed E-state index contributed by atoms with van der Waals surface area (Å²) in [4.78, 5) is 17.9. The lowest BCUT2D eigenvalue weighted by molar-refractivity contribution is -0.138. The van der Waals surface area contributed by atoms with Crippen molar-refractivity contribution in [2.75, 3.05) is 0 Å². The van der Waals surface area contributed by atoms with E-state index < -0.39 is 27.3 Å². The number of carboxylic acids is 1. The van der Waals surface area contributed by atoms with Gasteiger partial charge in [0, 0.05) is 24.2 Å². The van der Waals surface area contributed by atoms with Gasteiger partial charge in [-0.25, -0.2) is 18.1 Å². The first kappa shape index (κ1) is 15.7. The molecule has 1 aliphatic rings. The lowest BCUT2D eigenvalue weighted by Gasteiger charge is -2.14. The molecule has 3 atom stereocenters. The highest BCUT2D eigenvalue weighted by atomic mass is 32.2. The Morgan fingerprint density at radius 1 is 1.39 bits per heavy atom. The number of sulfonamides is 1. The number of aliphatic carboxylic acids is 1. The molecule has 0 spiro atoms. The predicted octanol–water partition coefficient (Wildman–Crippen LogP) is 0.881. The summed E-state index contributed by atoms with van der Waals surface area (Å²) in [5.74, 6) is -1.28. The number of aromatic amines is 1. The summed E-state index contributed by atoms with van der Waals surface area (Å²) in [7, 11) is -3.70. The van der Waals surface area contributed by atoms with Crippen LogP contribution in [-0.2, 0) is 21.2 Å². The highest BCUT2D eigenvalue weighted by Crippen LogP contribution is 2.45.